The Balaban J connectivity index is 1.21. The summed E-state index contributed by atoms with van der Waals surface area (Å²) in [5, 5.41) is 2.79. The number of alkyl halides is 1. The van der Waals surface area contributed by atoms with Gasteiger partial charge < -0.3 is 24.3 Å². The number of hydrogen-bond acceptors (Lipinski definition) is 7. The van der Waals surface area contributed by atoms with Crippen molar-refractivity contribution in [1.29, 1.82) is 0 Å². The van der Waals surface area contributed by atoms with E-state index in [0.29, 0.717) is 45.6 Å². The van der Waals surface area contributed by atoms with Crippen LogP contribution >= 0.6 is 0 Å². The monoisotopic (exact) mass is 432 g/mol. The number of carbonyl (C=O) groups excluding carboxylic acids is 1. The number of carbonyl (C=O) groups is 1. The van der Waals surface area contributed by atoms with Gasteiger partial charge in [-0.1, -0.05) is 0 Å². The number of piperidine rings is 1. The molecule has 0 aromatic carbocycles. The minimum absolute atomic E-state index is 0.0470. The molecule has 3 saturated heterocycles. The van der Waals surface area contributed by atoms with E-state index in [4.69, 9.17) is 9.47 Å². The number of ether oxygens (including phenoxy) is 2. The van der Waals surface area contributed by atoms with Gasteiger partial charge in [-0.15, -0.1) is 0 Å². The van der Waals surface area contributed by atoms with E-state index in [1.165, 1.54) is 0 Å². The number of halogens is 1. The molecule has 3 aliphatic heterocycles. The minimum Gasteiger partial charge on any atom is -0.381 e. The highest BCUT2D eigenvalue weighted by atomic mass is 19.1. The van der Waals surface area contributed by atoms with Crippen molar-refractivity contribution < 1.29 is 18.7 Å². The third kappa shape index (κ3) is 4.36. The van der Waals surface area contributed by atoms with E-state index in [2.05, 4.69) is 25.2 Å². The number of fused-ring (bicyclic) bond motifs is 1. The lowest BCUT2D eigenvalue weighted by atomic mass is 9.93. The van der Waals surface area contributed by atoms with Crippen LogP contribution in [0, 0.1) is 5.92 Å². The smallest absolute Gasteiger partial charge is 0.225 e. The first-order chi connectivity index (χ1) is 15.1. The summed E-state index contributed by atoms with van der Waals surface area (Å²) < 4.78 is 28.3. The highest BCUT2D eigenvalue weighted by Crippen LogP contribution is 2.31. The van der Waals surface area contributed by atoms with Gasteiger partial charge in [-0.2, -0.15) is 0 Å². The fourth-order valence-electron chi connectivity index (χ4n) is 4.67. The Hall–Kier alpha value is -2.33. The quantitative estimate of drug-likeness (QED) is 0.739. The molecule has 10 heteroatoms. The lowest BCUT2D eigenvalue weighted by Gasteiger charge is -2.37. The molecule has 31 heavy (non-hydrogen) atoms. The molecule has 0 spiro atoms. The van der Waals surface area contributed by atoms with Gasteiger partial charge in [0, 0.05) is 39.1 Å². The summed E-state index contributed by atoms with van der Waals surface area (Å²) in [6.45, 7) is 3.66. The predicted octanol–water partition coefficient (Wildman–Crippen LogP) is 1.47. The van der Waals surface area contributed by atoms with E-state index < -0.39 is 5.67 Å². The Kier molecular flexibility index (Phi) is 5.75. The highest BCUT2D eigenvalue weighted by molar-refractivity contribution is 5.83. The topological polar surface area (TPSA) is 94.4 Å². The number of hydrogen-bond donors (Lipinski definition) is 1. The molecule has 9 nitrogen and oxygen atoms in total. The van der Waals surface area contributed by atoms with Crippen LogP contribution < -0.4 is 10.2 Å². The number of rotatable bonds is 6. The summed E-state index contributed by atoms with van der Waals surface area (Å²) in [5.74, 6) is 0.485. The number of aromatic nitrogens is 4. The van der Waals surface area contributed by atoms with Crippen molar-refractivity contribution in [1.82, 2.24) is 24.8 Å². The van der Waals surface area contributed by atoms with Gasteiger partial charge in [-0.05, 0) is 19.3 Å². The summed E-state index contributed by atoms with van der Waals surface area (Å²) >= 11 is 0. The van der Waals surface area contributed by atoms with Crippen molar-refractivity contribution in [2.75, 3.05) is 44.4 Å². The second-order valence-electron chi connectivity index (χ2n) is 8.82. The molecule has 0 aliphatic carbocycles. The first-order valence-corrected chi connectivity index (χ1v) is 11.2. The zero-order valence-electron chi connectivity index (χ0n) is 17.6. The standard InChI is InChI=1S/C21H29FN6O3/c22-21(12-23-20(29)15-3-9-30-11-15)4-6-27(7-5-21)18-17-19(25-13-24-18)28(14-26-17)10-16-2-1-8-31-16/h13-16H,1-12H2,(H,23,29). The van der Waals surface area contributed by atoms with E-state index in [-0.39, 0.29) is 24.5 Å². The van der Waals surface area contributed by atoms with Gasteiger partial charge in [0.2, 0.25) is 5.91 Å². The molecule has 168 valence electrons. The van der Waals surface area contributed by atoms with Crippen LogP contribution in [-0.2, 0) is 20.8 Å². The SMILES string of the molecule is O=C(NCC1(F)CCN(c2ncnc3c2ncn3CC2CCCO2)CC1)C1CCOC1. The van der Waals surface area contributed by atoms with Gasteiger partial charge in [0.25, 0.3) is 0 Å². The average molecular weight is 433 g/mol. The molecular formula is C21H29FN6O3. The van der Waals surface area contributed by atoms with Gasteiger partial charge in [0.1, 0.15) is 12.0 Å². The number of nitrogens with zero attached hydrogens (tertiary/aromatic N) is 5. The Morgan fingerprint density at radius 3 is 2.84 bits per heavy atom. The molecule has 3 fully saturated rings. The maximum atomic E-state index is 15.3. The largest absolute Gasteiger partial charge is 0.381 e. The fourth-order valence-corrected chi connectivity index (χ4v) is 4.67. The molecule has 2 unspecified atom stereocenters. The first-order valence-electron chi connectivity index (χ1n) is 11.2. The Labute approximate surface area is 180 Å². The van der Waals surface area contributed by atoms with E-state index >= 15 is 4.39 Å². The molecule has 2 aromatic rings. The molecule has 0 saturated carbocycles. The predicted molar refractivity (Wildman–Crippen MR) is 112 cm³/mol. The fraction of sp³-hybridized carbons (Fsp3) is 0.714. The molecular weight excluding hydrogens is 403 g/mol. The average Bonchev–Trinajstić information content (AvgIpc) is 3.56. The maximum Gasteiger partial charge on any atom is 0.225 e. The van der Waals surface area contributed by atoms with Crippen LogP contribution in [0.3, 0.4) is 0 Å². The van der Waals surface area contributed by atoms with Gasteiger partial charge in [0.15, 0.2) is 17.0 Å². The summed E-state index contributed by atoms with van der Waals surface area (Å²) in [5.41, 5.74) is 0.113. The van der Waals surface area contributed by atoms with Gasteiger partial charge >= 0.3 is 0 Å². The molecule has 5 heterocycles. The van der Waals surface area contributed by atoms with E-state index in [9.17, 15) is 4.79 Å². The van der Waals surface area contributed by atoms with E-state index in [1.807, 2.05) is 4.57 Å². The Morgan fingerprint density at radius 1 is 1.23 bits per heavy atom. The van der Waals surface area contributed by atoms with Crippen LogP contribution in [0.25, 0.3) is 11.2 Å². The summed E-state index contributed by atoms with van der Waals surface area (Å²) in [6.07, 6.45) is 7.04. The van der Waals surface area contributed by atoms with Crippen molar-refractivity contribution in [2.24, 2.45) is 5.92 Å². The third-order valence-corrected chi connectivity index (χ3v) is 6.65. The Morgan fingerprint density at radius 2 is 2.10 bits per heavy atom. The normalized spacial score (nSPS) is 25.9. The van der Waals surface area contributed by atoms with Gasteiger partial charge in [-0.25, -0.2) is 19.3 Å². The molecule has 5 rings (SSSR count). The molecule has 1 amide bonds. The number of imidazole rings is 1. The minimum atomic E-state index is -1.41. The summed E-state index contributed by atoms with van der Waals surface area (Å²) in [6, 6.07) is 0. The molecule has 2 aromatic heterocycles. The zero-order valence-corrected chi connectivity index (χ0v) is 17.6. The number of nitrogens with one attached hydrogen (secondary N) is 1. The molecule has 2 atom stereocenters. The van der Waals surface area contributed by atoms with E-state index in [1.54, 1.807) is 12.7 Å². The highest BCUT2D eigenvalue weighted by Gasteiger charge is 2.37. The molecule has 0 bridgehead atoms. The second kappa shape index (κ2) is 8.66. The maximum absolute atomic E-state index is 15.3. The van der Waals surface area contributed by atoms with Crippen molar-refractivity contribution in [3.05, 3.63) is 12.7 Å². The van der Waals surface area contributed by atoms with Crippen molar-refractivity contribution in [3.8, 4) is 0 Å². The lowest BCUT2D eigenvalue weighted by Crippen LogP contribution is -2.49. The van der Waals surface area contributed by atoms with Crippen molar-refractivity contribution >= 4 is 22.9 Å². The first kappa shape index (κ1) is 20.6. The van der Waals surface area contributed by atoms with Crippen LogP contribution in [0.5, 0.6) is 0 Å². The van der Waals surface area contributed by atoms with Crippen molar-refractivity contribution in [3.63, 3.8) is 0 Å². The number of amides is 1. The second-order valence-corrected chi connectivity index (χ2v) is 8.82. The summed E-state index contributed by atoms with van der Waals surface area (Å²) in [7, 11) is 0. The van der Waals surface area contributed by atoms with Crippen LogP contribution in [0.2, 0.25) is 0 Å². The molecule has 1 N–H and O–H groups in total. The van der Waals surface area contributed by atoms with E-state index in [0.717, 1.165) is 43.0 Å². The van der Waals surface area contributed by atoms with Gasteiger partial charge in [-0.3, -0.25) is 4.79 Å². The van der Waals surface area contributed by atoms with Crippen LogP contribution in [-0.4, -0.2) is 76.7 Å². The Bertz CT molecular complexity index is 917. The number of anilines is 1. The third-order valence-electron chi connectivity index (χ3n) is 6.65. The van der Waals surface area contributed by atoms with Crippen LogP contribution in [0.4, 0.5) is 10.2 Å². The summed E-state index contributed by atoms with van der Waals surface area (Å²) in [4.78, 5) is 27.7. The van der Waals surface area contributed by atoms with Crippen LogP contribution in [0.15, 0.2) is 12.7 Å². The van der Waals surface area contributed by atoms with Crippen molar-refractivity contribution in [2.45, 2.75) is 50.4 Å². The van der Waals surface area contributed by atoms with Crippen LogP contribution in [0.1, 0.15) is 32.1 Å². The molecule has 0 radical (unpaired) electrons. The van der Waals surface area contributed by atoms with Gasteiger partial charge in [0.05, 0.1) is 38.0 Å². The molecule has 3 aliphatic rings. The lowest BCUT2D eigenvalue weighted by molar-refractivity contribution is -0.125. The zero-order chi connectivity index (χ0) is 21.3.